The molecule has 108 valence electrons. The minimum atomic E-state index is 0.0934. The second-order valence-corrected chi connectivity index (χ2v) is 6.42. The van der Waals surface area contributed by atoms with Crippen molar-refractivity contribution in [2.24, 2.45) is 0 Å². The number of carbonyl (C=O) groups excluding carboxylic acids is 1. The summed E-state index contributed by atoms with van der Waals surface area (Å²) in [6, 6.07) is 6.83. The predicted molar refractivity (Wildman–Crippen MR) is 84.6 cm³/mol. The Morgan fingerprint density at radius 2 is 2.20 bits per heavy atom. The normalized spacial score (nSPS) is 20.4. The molecule has 2 heterocycles. The summed E-state index contributed by atoms with van der Waals surface area (Å²) in [7, 11) is 0. The highest BCUT2D eigenvalue weighted by Gasteiger charge is 2.19. The Hall–Kier alpha value is -1.20. The monoisotopic (exact) mass is 291 g/mol. The quantitative estimate of drug-likeness (QED) is 0.898. The first-order valence-electron chi connectivity index (χ1n) is 7.30. The Balaban J connectivity index is 1.64. The number of fused-ring (bicyclic) bond motifs is 1. The van der Waals surface area contributed by atoms with E-state index >= 15 is 0 Å². The molecule has 0 aliphatic carbocycles. The average Bonchev–Trinajstić information content (AvgIpc) is 2.47. The van der Waals surface area contributed by atoms with Crippen LogP contribution in [0.1, 0.15) is 19.8 Å². The van der Waals surface area contributed by atoms with Crippen LogP contribution in [-0.2, 0) is 4.79 Å². The molecule has 0 atom stereocenters. The largest absolute Gasteiger partial charge is 0.382 e. The molecule has 0 spiro atoms. The molecule has 2 aliphatic rings. The van der Waals surface area contributed by atoms with E-state index in [1.165, 1.54) is 25.9 Å². The van der Waals surface area contributed by atoms with Gasteiger partial charge in [-0.2, -0.15) is 0 Å². The second kappa shape index (κ2) is 6.06. The van der Waals surface area contributed by atoms with Crippen LogP contribution in [0.15, 0.2) is 23.1 Å². The van der Waals surface area contributed by atoms with Crippen LogP contribution >= 0.6 is 11.8 Å². The Labute approximate surface area is 124 Å². The summed E-state index contributed by atoms with van der Waals surface area (Å²) in [4.78, 5) is 15.1. The maximum atomic E-state index is 11.4. The number of hydrogen-bond donors (Lipinski definition) is 2. The molecule has 4 nitrogen and oxygen atoms in total. The number of carbonyl (C=O) groups is 1. The maximum absolute atomic E-state index is 11.4. The molecule has 1 aromatic rings. The predicted octanol–water partition coefficient (Wildman–Crippen LogP) is 2.63. The van der Waals surface area contributed by atoms with Crippen LogP contribution in [0.4, 0.5) is 11.4 Å². The second-order valence-electron chi connectivity index (χ2n) is 5.40. The molecule has 5 heteroatoms. The summed E-state index contributed by atoms with van der Waals surface area (Å²) in [6.07, 6.45) is 2.37. The number of nitrogens with zero attached hydrogens (tertiary/aromatic N) is 1. The number of anilines is 2. The first kappa shape index (κ1) is 13.8. The van der Waals surface area contributed by atoms with E-state index in [1.807, 2.05) is 0 Å². The van der Waals surface area contributed by atoms with Gasteiger partial charge in [-0.25, -0.2) is 0 Å². The lowest BCUT2D eigenvalue weighted by Crippen LogP contribution is -2.38. The van der Waals surface area contributed by atoms with E-state index in [0.717, 1.165) is 22.8 Å². The fourth-order valence-electron chi connectivity index (χ4n) is 2.80. The fraction of sp³-hybridized carbons (Fsp3) is 0.533. The van der Waals surface area contributed by atoms with Crippen LogP contribution in [0.25, 0.3) is 0 Å². The lowest BCUT2D eigenvalue weighted by atomic mass is 10.0. The topological polar surface area (TPSA) is 44.4 Å². The van der Waals surface area contributed by atoms with Gasteiger partial charge < -0.3 is 15.5 Å². The number of amides is 1. The highest BCUT2D eigenvalue weighted by atomic mass is 32.2. The molecule has 1 amide bonds. The molecule has 0 aromatic heterocycles. The van der Waals surface area contributed by atoms with Crippen LogP contribution in [0.2, 0.25) is 0 Å². The van der Waals surface area contributed by atoms with E-state index in [9.17, 15) is 4.79 Å². The summed E-state index contributed by atoms with van der Waals surface area (Å²) in [6.45, 7) is 5.71. The number of likely N-dealkylation sites (tertiary alicyclic amines) is 1. The highest BCUT2D eigenvalue weighted by Crippen LogP contribution is 2.33. The van der Waals surface area contributed by atoms with Gasteiger partial charge in [0.1, 0.15) is 0 Å². The SMILES string of the molecule is CCN1CCC(Nc2ccc3c(c2)NC(=O)CS3)CC1. The summed E-state index contributed by atoms with van der Waals surface area (Å²) >= 11 is 1.61. The molecule has 0 radical (unpaired) electrons. The first-order valence-corrected chi connectivity index (χ1v) is 8.29. The molecule has 0 bridgehead atoms. The van der Waals surface area contributed by atoms with Gasteiger partial charge in [0.2, 0.25) is 5.91 Å². The number of nitrogens with one attached hydrogen (secondary N) is 2. The summed E-state index contributed by atoms with van der Waals surface area (Å²) in [5.41, 5.74) is 2.06. The Morgan fingerprint density at radius 3 is 2.95 bits per heavy atom. The molecule has 1 saturated heterocycles. The van der Waals surface area contributed by atoms with Crippen molar-refractivity contribution in [2.75, 3.05) is 36.0 Å². The van der Waals surface area contributed by atoms with Crippen molar-refractivity contribution >= 4 is 29.0 Å². The minimum Gasteiger partial charge on any atom is -0.382 e. The van der Waals surface area contributed by atoms with Gasteiger partial charge in [-0.1, -0.05) is 6.92 Å². The van der Waals surface area contributed by atoms with Gasteiger partial charge >= 0.3 is 0 Å². The number of thioether (sulfide) groups is 1. The summed E-state index contributed by atoms with van der Waals surface area (Å²) in [5.74, 6) is 0.616. The number of benzene rings is 1. The fourth-order valence-corrected chi connectivity index (χ4v) is 3.59. The molecule has 0 saturated carbocycles. The lowest BCUT2D eigenvalue weighted by Gasteiger charge is -2.32. The van der Waals surface area contributed by atoms with Gasteiger partial charge in [-0.3, -0.25) is 4.79 Å². The third-order valence-electron chi connectivity index (χ3n) is 4.02. The first-order chi connectivity index (χ1) is 9.74. The number of rotatable bonds is 3. The van der Waals surface area contributed by atoms with Gasteiger partial charge in [0.25, 0.3) is 0 Å². The summed E-state index contributed by atoms with van der Waals surface area (Å²) in [5, 5.41) is 6.55. The Bertz CT molecular complexity index is 498. The molecule has 3 rings (SSSR count). The van der Waals surface area contributed by atoms with Crippen molar-refractivity contribution in [2.45, 2.75) is 30.7 Å². The van der Waals surface area contributed by atoms with Crippen LogP contribution in [0, 0.1) is 0 Å². The van der Waals surface area contributed by atoms with Crippen LogP contribution < -0.4 is 10.6 Å². The van der Waals surface area contributed by atoms with E-state index in [2.05, 4.69) is 40.7 Å². The number of hydrogen-bond acceptors (Lipinski definition) is 4. The van der Waals surface area contributed by atoms with E-state index < -0.39 is 0 Å². The van der Waals surface area contributed by atoms with Crippen LogP contribution in [0.3, 0.4) is 0 Å². The van der Waals surface area contributed by atoms with E-state index in [0.29, 0.717) is 11.8 Å². The van der Waals surface area contributed by atoms with Crippen molar-refractivity contribution in [3.8, 4) is 0 Å². The molecule has 2 N–H and O–H groups in total. The molecule has 2 aliphatic heterocycles. The third kappa shape index (κ3) is 3.10. The van der Waals surface area contributed by atoms with Gasteiger partial charge in [-0.05, 0) is 37.6 Å². The van der Waals surface area contributed by atoms with E-state index in [4.69, 9.17) is 0 Å². The molecule has 20 heavy (non-hydrogen) atoms. The molecular weight excluding hydrogens is 270 g/mol. The number of piperidine rings is 1. The molecular formula is C15H21N3OS. The van der Waals surface area contributed by atoms with Crippen molar-refractivity contribution in [1.82, 2.24) is 4.90 Å². The average molecular weight is 291 g/mol. The van der Waals surface area contributed by atoms with E-state index in [1.54, 1.807) is 11.8 Å². The van der Waals surface area contributed by atoms with Gasteiger partial charge in [0, 0.05) is 29.7 Å². The lowest BCUT2D eigenvalue weighted by molar-refractivity contribution is -0.113. The van der Waals surface area contributed by atoms with Crippen molar-refractivity contribution in [1.29, 1.82) is 0 Å². The van der Waals surface area contributed by atoms with E-state index in [-0.39, 0.29) is 5.91 Å². The Morgan fingerprint density at radius 1 is 1.40 bits per heavy atom. The zero-order valence-corrected chi connectivity index (χ0v) is 12.6. The van der Waals surface area contributed by atoms with Gasteiger partial charge in [-0.15, -0.1) is 11.8 Å². The smallest absolute Gasteiger partial charge is 0.234 e. The maximum Gasteiger partial charge on any atom is 0.234 e. The molecule has 1 fully saturated rings. The molecule has 0 unspecified atom stereocenters. The van der Waals surface area contributed by atoms with Crippen LogP contribution in [0.5, 0.6) is 0 Å². The van der Waals surface area contributed by atoms with Crippen molar-refractivity contribution < 1.29 is 4.79 Å². The third-order valence-corrected chi connectivity index (χ3v) is 5.09. The molecule has 1 aromatic carbocycles. The zero-order valence-electron chi connectivity index (χ0n) is 11.8. The minimum absolute atomic E-state index is 0.0934. The standard InChI is InChI=1S/C15H21N3OS/c1-2-18-7-5-11(6-8-18)16-12-3-4-14-13(9-12)17-15(19)10-20-14/h3-4,9,11,16H,2,5-8,10H2,1H3,(H,17,19). The van der Waals surface area contributed by atoms with Gasteiger partial charge in [0.05, 0.1) is 11.4 Å². The highest BCUT2D eigenvalue weighted by molar-refractivity contribution is 8.00. The Kier molecular flexibility index (Phi) is 4.17. The zero-order chi connectivity index (χ0) is 13.9. The van der Waals surface area contributed by atoms with Crippen LogP contribution in [-0.4, -0.2) is 42.2 Å². The van der Waals surface area contributed by atoms with Crippen molar-refractivity contribution in [3.63, 3.8) is 0 Å². The summed E-state index contributed by atoms with van der Waals surface area (Å²) < 4.78 is 0. The van der Waals surface area contributed by atoms with Gasteiger partial charge in [0.15, 0.2) is 0 Å². The van der Waals surface area contributed by atoms with Crippen molar-refractivity contribution in [3.05, 3.63) is 18.2 Å².